The monoisotopic (exact) mass is 336 g/mol. The van der Waals surface area contributed by atoms with Gasteiger partial charge in [-0.3, -0.25) is 24.6 Å². The average molecular weight is 336 g/mol. The SMILES string of the molecule is CC(C)OC(=O)CN1C(=O)C(C(C)C)Oc2cc([N+](=O)[O-])ccc21. The predicted molar refractivity (Wildman–Crippen MR) is 85.9 cm³/mol. The molecule has 0 saturated carbocycles. The summed E-state index contributed by atoms with van der Waals surface area (Å²) in [6.45, 7) is 6.76. The minimum absolute atomic E-state index is 0.143. The van der Waals surface area contributed by atoms with E-state index in [1.807, 2.05) is 0 Å². The number of amides is 1. The van der Waals surface area contributed by atoms with Gasteiger partial charge in [0.2, 0.25) is 0 Å². The van der Waals surface area contributed by atoms with Gasteiger partial charge >= 0.3 is 5.97 Å². The van der Waals surface area contributed by atoms with Gasteiger partial charge in [0.25, 0.3) is 11.6 Å². The number of ether oxygens (including phenoxy) is 2. The second-order valence-electron chi connectivity index (χ2n) is 6.15. The molecule has 0 bridgehead atoms. The van der Waals surface area contributed by atoms with Crippen molar-refractivity contribution in [2.24, 2.45) is 5.92 Å². The molecule has 0 N–H and O–H groups in total. The van der Waals surface area contributed by atoms with Crippen LogP contribution in [0.2, 0.25) is 0 Å². The van der Waals surface area contributed by atoms with E-state index in [9.17, 15) is 19.7 Å². The van der Waals surface area contributed by atoms with E-state index >= 15 is 0 Å². The van der Waals surface area contributed by atoms with Crippen LogP contribution in [0.1, 0.15) is 27.7 Å². The van der Waals surface area contributed by atoms with Gasteiger partial charge in [-0.05, 0) is 25.8 Å². The van der Waals surface area contributed by atoms with Crippen LogP contribution in [0.5, 0.6) is 5.75 Å². The highest BCUT2D eigenvalue weighted by Gasteiger charge is 2.38. The molecule has 24 heavy (non-hydrogen) atoms. The lowest BCUT2D eigenvalue weighted by atomic mass is 10.0. The molecule has 0 saturated heterocycles. The third kappa shape index (κ3) is 3.64. The van der Waals surface area contributed by atoms with Crippen molar-refractivity contribution in [1.29, 1.82) is 0 Å². The van der Waals surface area contributed by atoms with Crippen molar-refractivity contribution >= 4 is 23.3 Å². The van der Waals surface area contributed by atoms with Crippen LogP contribution in [-0.2, 0) is 14.3 Å². The summed E-state index contributed by atoms with van der Waals surface area (Å²) in [7, 11) is 0. The van der Waals surface area contributed by atoms with Crippen LogP contribution in [0.15, 0.2) is 18.2 Å². The van der Waals surface area contributed by atoms with Gasteiger partial charge in [0.05, 0.1) is 22.8 Å². The lowest BCUT2D eigenvalue weighted by Gasteiger charge is -2.35. The third-order valence-electron chi connectivity index (χ3n) is 3.47. The van der Waals surface area contributed by atoms with Gasteiger partial charge in [-0.25, -0.2) is 0 Å². The molecule has 0 aromatic heterocycles. The van der Waals surface area contributed by atoms with Crippen LogP contribution in [0.25, 0.3) is 0 Å². The van der Waals surface area contributed by atoms with Crippen LogP contribution >= 0.6 is 0 Å². The standard InChI is InChI=1S/C16H20N2O6/c1-9(2)15-16(20)17(8-14(19)23-10(3)4)12-6-5-11(18(21)22)7-13(12)24-15/h5-7,9-10,15H,8H2,1-4H3. The number of fused-ring (bicyclic) bond motifs is 1. The highest BCUT2D eigenvalue weighted by Crippen LogP contribution is 2.38. The van der Waals surface area contributed by atoms with E-state index in [2.05, 4.69) is 0 Å². The fourth-order valence-corrected chi connectivity index (χ4v) is 2.41. The molecular formula is C16H20N2O6. The quantitative estimate of drug-likeness (QED) is 0.465. The van der Waals surface area contributed by atoms with E-state index in [-0.39, 0.29) is 35.9 Å². The molecule has 1 unspecified atom stereocenters. The van der Waals surface area contributed by atoms with Gasteiger partial charge < -0.3 is 9.47 Å². The Balaban J connectivity index is 2.39. The Kier molecular flexibility index (Phi) is 5.06. The van der Waals surface area contributed by atoms with Crippen molar-refractivity contribution < 1.29 is 24.0 Å². The van der Waals surface area contributed by atoms with Crippen LogP contribution < -0.4 is 9.64 Å². The Morgan fingerprint density at radius 2 is 2.04 bits per heavy atom. The first-order chi connectivity index (χ1) is 11.2. The summed E-state index contributed by atoms with van der Waals surface area (Å²) in [4.78, 5) is 36.3. The van der Waals surface area contributed by atoms with Crippen molar-refractivity contribution in [3.8, 4) is 5.75 Å². The first kappa shape index (κ1) is 17.7. The van der Waals surface area contributed by atoms with Crippen LogP contribution in [-0.4, -0.2) is 35.6 Å². The van der Waals surface area contributed by atoms with Gasteiger partial charge in [-0.1, -0.05) is 13.8 Å². The molecule has 0 fully saturated rings. The highest BCUT2D eigenvalue weighted by atomic mass is 16.6. The number of carbonyl (C=O) groups excluding carboxylic acids is 2. The molecular weight excluding hydrogens is 316 g/mol. The molecule has 0 aliphatic carbocycles. The average Bonchev–Trinajstić information content (AvgIpc) is 2.48. The number of nitro groups is 1. The number of rotatable bonds is 5. The number of esters is 1. The predicted octanol–water partition coefficient (Wildman–Crippen LogP) is 2.30. The number of hydrogen-bond acceptors (Lipinski definition) is 6. The molecule has 1 heterocycles. The Labute approximate surface area is 139 Å². The summed E-state index contributed by atoms with van der Waals surface area (Å²) in [6.07, 6.45) is -1.11. The molecule has 1 amide bonds. The lowest BCUT2D eigenvalue weighted by Crippen LogP contribution is -2.50. The number of anilines is 1. The molecule has 0 radical (unpaired) electrons. The summed E-state index contributed by atoms with van der Waals surface area (Å²) in [5.41, 5.74) is 0.179. The van der Waals surface area contributed by atoms with Crippen molar-refractivity contribution in [3.63, 3.8) is 0 Å². The van der Waals surface area contributed by atoms with Crippen molar-refractivity contribution in [2.75, 3.05) is 11.4 Å². The molecule has 1 aliphatic rings. The normalized spacial score (nSPS) is 16.8. The molecule has 8 heteroatoms. The summed E-state index contributed by atoms with van der Waals surface area (Å²) in [6, 6.07) is 3.94. The molecule has 1 aromatic carbocycles. The maximum Gasteiger partial charge on any atom is 0.326 e. The summed E-state index contributed by atoms with van der Waals surface area (Å²) in [5.74, 6) is -0.868. The molecule has 1 atom stereocenters. The van der Waals surface area contributed by atoms with Gasteiger partial charge in [0, 0.05) is 6.07 Å². The largest absolute Gasteiger partial charge is 0.478 e. The van der Waals surface area contributed by atoms with Crippen molar-refractivity contribution in [3.05, 3.63) is 28.3 Å². The van der Waals surface area contributed by atoms with E-state index in [1.165, 1.54) is 23.1 Å². The van der Waals surface area contributed by atoms with E-state index in [4.69, 9.17) is 9.47 Å². The maximum absolute atomic E-state index is 12.6. The van der Waals surface area contributed by atoms with Crippen molar-refractivity contribution in [1.82, 2.24) is 0 Å². The number of benzene rings is 1. The highest BCUT2D eigenvalue weighted by molar-refractivity contribution is 6.03. The van der Waals surface area contributed by atoms with Crippen molar-refractivity contribution in [2.45, 2.75) is 39.9 Å². The fraction of sp³-hybridized carbons (Fsp3) is 0.500. The molecule has 0 spiro atoms. The first-order valence-electron chi connectivity index (χ1n) is 7.66. The van der Waals surface area contributed by atoms with Gasteiger partial charge in [-0.2, -0.15) is 0 Å². The summed E-state index contributed by atoms with van der Waals surface area (Å²) < 4.78 is 10.7. The Hall–Kier alpha value is -2.64. The summed E-state index contributed by atoms with van der Waals surface area (Å²) >= 11 is 0. The zero-order valence-corrected chi connectivity index (χ0v) is 14.0. The van der Waals surface area contributed by atoms with E-state index in [1.54, 1.807) is 27.7 Å². The lowest BCUT2D eigenvalue weighted by molar-refractivity contribution is -0.384. The fourth-order valence-electron chi connectivity index (χ4n) is 2.41. The molecule has 2 rings (SSSR count). The van der Waals surface area contributed by atoms with Crippen LogP contribution in [0.3, 0.4) is 0 Å². The zero-order chi connectivity index (χ0) is 18.0. The maximum atomic E-state index is 12.6. The number of hydrogen-bond donors (Lipinski definition) is 0. The molecule has 130 valence electrons. The molecule has 8 nitrogen and oxygen atoms in total. The Morgan fingerprint density at radius 3 is 2.58 bits per heavy atom. The van der Waals surface area contributed by atoms with E-state index < -0.39 is 17.0 Å². The zero-order valence-electron chi connectivity index (χ0n) is 14.0. The first-order valence-corrected chi connectivity index (χ1v) is 7.66. The summed E-state index contributed by atoms with van der Waals surface area (Å²) in [5, 5.41) is 10.9. The van der Waals surface area contributed by atoms with Crippen LogP contribution in [0.4, 0.5) is 11.4 Å². The topological polar surface area (TPSA) is 99.0 Å². The second-order valence-corrected chi connectivity index (χ2v) is 6.15. The third-order valence-corrected chi connectivity index (χ3v) is 3.47. The number of nitro benzene ring substituents is 1. The van der Waals surface area contributed by atoms with Gasteiger partial charge in [-0.15, -0.1) is 0 Å². The minimum atomic E-state index is -0.814. The Bertz CT molecular complexity index is 671. The number of non-ortho nitro benzene ring substituents is 1. The van der Waals surface area contributed by atoms with Gasteiger partial charge in [0.15, 0.2) is 11.9 Å². The molecule has 1 aromatic rings. The van der Waals surface area contributed by atoms with Crippen LogP contribution in [0, 0.1) is 16.0 Å². The smallest absolute Gasteiger partial charge is 0.326 e. The number of nitrogens with zero attached hydrogens (tertiary/aromatic N) is 2. The van der Waals surface area contributed by atoms with Gasteiger partial charge in [0.1, 0.15) is 6.54 Å². The number of carbonyl (C=O) groups is 2. The van der Waals surface area contributed by atoms with E-state index in [0.29, 0.717) is 5.69 Å². The van der Waals surface area contributed by atoms with E-state index in [0.717, 1.165) is 0 Å². The minimum Gasteiger partial charge on any atom is -0.478 e. The molecule has 1 aliphatic heterocycles. The Morgan fingerprint density at radius 1 is 1.38 bits per heavy atom. The second kappa shape index (κ2) is 6.86.